The van der Waals surface area contributed by atoms with E-state index in [1.165, 1.54) is 23.5 Å². The Hall–Kier alpha value is -3.21. The summed E-state index contributed by atoms with van der Waals surface area (Å²) in [6.07, 6.45) is 0. The smallest absolute Gasteiger partial charge is 0.238 e. The molecule has 0 saturated heterocycles. The zero-order valence-corrected chi connectivity index (χ0v) is 17.5. The summed E-state index contributed by atoms with van der Waals surface area (Å²) in [7, 11) is -2.20. The second-order valence-electron chi connectivity index (χ2n) is 6.56. The Balaban J connectivity index is 1.59. The van der Waals surface area contributed by atoms with Crippen molar-refractivity contribution in [2.45, 2.75) is 4.90 Å². The summed E-state index contributed by atoms with van der Waals surface area (Å²) in [6, 6.07) is 13.3. The molecule has 2 aromatic carbocycles. The Labute approximate surface area is 177 Å². The van der Waals surface area contributed by atoms with E-state index in [0.717, 1.165) is 17.0 Å². The first-order valence-electron chi connectivity index (χ1n) is 8.79. The highest BCUT2D eigenvalue weighted by Gasteiger charge is 2.31. The number of aliphatic hydroxyl groups is 1. The zero-order valence-electron chi connectivity index (χ0n) is 15.9. The summed E-state index contributed by atoms with van der Waals surface area (Å²) in [4.78, 5) is 6.15. The molecule has 0 amide bonds. The van der Waals surface area contributed by atoms with Gasteiger partial charge < -0.3 is 14.7 Å². The third kappa shape index (κ3) is 3.67. The first-order chi connectivity index (χ1) is 14.3. The van der Waals surface area contributed by atoms with Gasteiger partial charge >= 0.3 is 0 Å². The number of nitrogens with one attached hydrogen (secondary N) is 1. The van der Waals surface area contributed by atoms with Gasteiger partial charge in [0, 0.05) is 16.6 Å². The van der Waals surface area contributed by atoms with E-state index in [9.17, 15) is 13.5 Å². The third-order valence-electron chi connectivity index (χ3n) is 4.68. The molecular formula is C20H18N4O4S2. The predicted octanol–water partition coefficient (Wildman–Crippen LogP) is 3.23. The van der Waals surface area contributed by atoms with Crippen LogP contribution in [-0.4, -0.2) is 38.0 Å². The first kappa shape index (κ1) is 20.1. The van der Waals surface area contributed by atoms with Gasteiger partial charge in [-0.3, -0.25) is 5.41 Å². The third-order valence-corrected chi connectivity index (χ3v) is 6.47. The second kappa shape index (κ2) is 7.56. The predicted molar refractivity (Wildman–Crippen MR) is 117 cm³/mol. The van der Waals surface area contributed by atoms with Gasteiger partial charge in [0.05, 0.1) is 29.8 Å². The number of aliphatic hydroxyl groups excluding tert-OH is 1. The maximum Gasteiger partial charge on any atom is 0.238 e. The number of benzene rings is 2. The SMILES string of the molecule is COc1ccc(-c2csc(C3=C(O)CN(c4ccc(S(N)(=O)=O)cc4)C3=N)n2)cc1. The summed E-state index contributed by atoms with van der Waals surface area (Å²) >= 11 is 1.34. The number of rotatable bonds is 5. The molecule has 0 fully saturated rings. The molecule has 0 saturated carbocycles. The number of methoxy groups -OCH3 is 1. The quantitative estimate of drug-likeness (QED) is 0.556. The molecule has 1 aliphatic heterocycles. The van der Waals surface area contributed by atoms with Gasteiger partial charge in [0.2, 0.25) is 10.0 Å². The summed E-state index contributed by atoms with van der Waals surface area (Å²) in [5.41, 5.74) is 2.57. The normalized spacial score (nSPS) is 14.5. The van der Waals surface area contributed by atoms with Gasteiger partial charge in [-0.1, -0.05) is 0 Å². The van der Waals surface area contributed by atoms with Crippen molar-refractivity contribution in [2.24, 2.45) is 5.14 Å². The van der Waals surface area contributed by atoms with E-state index >= 15 is 0 Å². The minimum absolute atomic E-state index is 0.0153. The summed E-state index contributed by atoms with van der Waals surface area (Å²) < 4.78 is 28.0. The van der Waals surface area contributed by atoms with Crippen LogP contribution >= 0.6 is 11.3 Å². The van der Waals surface area contributed by atoms with Gasteiger partial charge in [0.15, 0.2) is 0 Å². The molecule has 10 heteroatoms. The van der Waals surface area contributed by atoms with Crippen LogP contribution < -0.4 is 14.8 Å². The number of primary sulfonamides is 1. The molecule has 0 spiro atoms. The fourth-order valence-corrected chi connectivity index (χ4v) is 4.53. The summed E-state index contributed by atoms with van der Waals surface area (Å²) in [6.45, 7) is 0.0976. The average molecular weight is 443 g/mol. The van der Waals surface area contributed by atoms with E-state index in [1.807, 2.05) is 29.6 Å². The zero-order chi connectivity index (χ0) is 21.5. The van der Waals surface area contributed by atoms with Crippen LogP contribution in [0, 0.1) is 5.41 Å². The van der Waals surface area contributed by atoms with Crippen molar-refractivity contribution in [1.29, 1.82) is 5.41 Å². The number of hydrogen-bond acceptors (Lipinski definition) is 7. The van der Waals surface area contributed by atoms with Crippen molar-refractivity contribution in [3.8, 4) is 17.0 Å². The van der Waals surface area contributed by atoms with E-state index in [1.54, 1.807) is 24.1 Å². The molecule has 0 aliphatic carbocycles. The molecule has 0 unspecified atom stereocenters. The summed E-state index contributed by atoms with van der Waals surface area (Å²) in [5.74, 6) is 0.869. The van der Waals surface area contributed by atoms with E-state index in [-0.39, 0.29) is 23.0 Å². The number of hydrogen-bond donors (Lipinski definition) is 3. The second-order valence-corrected chi connectivity index (χ2v) is 8.98. The van der Waals surface area contributed by atoms with Crippen molar-refractivity contribution >= 4 is 38.5 Å². The lowest BCUT2D eigenvalue weighted by atomic mass is 10.1. The number of sulfonamides is 1. The monoisotopic (exact) mass is 442 g/mol. The van der Waals surface area contributed by atoms with Gasteiger partial charge in [-0.15, -0.1) is 11.3 Å². The fraction of sp³-hybridized carbons (Fsp3) is 0.100. The van der Waals surface area contributed by atoms with Crippen LogP contribution in [0.5, 0.6) is 5.75 Å². The highest BCUT2D eigenvalue weighted by Crippen LogP contribution is 2.34. The number of amidine groups is 1. The molecule has 30 heavy (non-hydrogen) atoms. The van der Waals surface area contributed by atoms with Crippen LogP contribution in [0.4, 0.5) is 5.69 Å². The van der Waals surface area contributed by atoms with Crippen molar-refractivity contribution in [2.75, 3.05) is 18.6 Å². The molecule has 4 N–H and O–H groups in total. The van der Waals surface area contributed by atoms with Crippen molar-refractivity contribution in [1.82, 2.24) is 4.98 Å². The fourth-order valence-electron chi connectivity index (χ4n) is 3.12. The van der Waals surface area contributed by atoms with Crippen LogP contribution in [0.15, 0.2) is 64.6 Å². The van der Waals surface area contributed by atoms with Crippen LogP contribution in [-0.2, 0) is 10.0 Å². The Morgan fingerprint density at radius 2 is 1.83 bits per heavy atom. The largest absolute Gasteiger partial charge is 0.510 e. The van der Waals surface area contributed by atoms with Crippen LogP contribution in [0.3, 0.4) is 0 Å². The van der Waals surface area contributed by atoms with Gasteiger partial charge in [-0.25, -0.2) is 18.5 Å². The lowest BCUT2D eigenvalue weighted by molar-refractivity contribution is 0.411. The van der Waals surface area contributed by atoms with E-state index < -0.39 is 10.0 Å². The number of ether oxygens (including phenoxy) is 1. The summed E-state index contributed by atoms with van der Waals surface area (Å²) in [5, 5.41) is 26.6. The molecule has 8 nitrogen and oxygen atoms in total. The molecule has 1 aliphatic rings. The first-order valence-corrected chi connectivity index (χ1v) is 11.2. The lowest BCUT2D eigenvalue weighted by Crippen LogP contribution is -2.26. The van der Waals surface area contributed by atoms with Crippen LogP contribution in [0.2, 0.25) is 0 Å². The van der Waals surface area contributed by atoms with Crippen LogP contribution in [0.1, 0.15) is 5.01 Å². The van der Waals surface area contributed by atoms with Gasteiger partial charge in [0.25, 0.3) is 0 Å². The maximum absolute atomic E-state index is 11.4. The topological polar surface area (TPSA) is 130 Å². The lowest BCUT2D eigenvalue weighted by Gasteiger charge is -2.18. The Kier molecular flexibility index (Phi) is 5.06. The minimum Gasteiger partial charge on any atom is -0.510 e. The average Bonchev–Trinajstić information content (AvgIpc) is 3.32. The van der Waals surface area contributed by atoms with Gasteiger partial charge in [-0.05, 0) is 48.5 Å². The molecule has 2 heterocycles. The number of aromatic nitrogens is 1. The van der Waals surface area contributed by atoms with E-state index in [2.05, 4.69) is 4.98 Å². The molecule has 3 aromatic rings. The number of nitrogens with zero attached hydrogens (tertiary/aromatic N) is 2. The molecular weight excluding hydrogens is 424 g/mol. The highest BCUT2D eigenvalue weighted by molar-refractivity contribution is 7.89. The standard InChI is InChI=1S/C20H18N4O4S2/c1-28-14-6-2-12(3-7-14)16-11-29-20(23-16)18-17(25)10-24(19(18)21)13-4-8-15(9-5-13)30(22,26)27/h2-9,11,21,25H,10H2,1H3,(H2,22,26,27). The Morgan fingerprint density at radius 1 is 1.17 bits per heavy atom. The van der Waals surface area contributed by atoms with Crippen molar-refractivity contribution < 1.29 is 18.3 Å². The van der Waals surface area contributed by atoms with Crippen molar-refractivity contribution in [3.63, 3.8) is 0 Å². The maximum atomic E-state index is 11.4. The number of thiazole rings is 1. The van der Waals surface area contributed by atoms with Crippen molar-refractivity contribution in [3.05, 3.63) is 64.7 Å². The van der Waals surface area contributed by atoms with Crippen LogP contribution in [0.25, 0.3) is 16.8 Å². The van der Waals surface area contributed by atoms with Gasteiger partial charge in [-0.2, -0.15) is 0 Å². The Morgan fingerprint density at radius 3 is 2.43 bits per heavy atom. The molecule has 0 bridgehead atoms. The van der Waals surface area contributed by atoms with E-state index in [4.69, 9.17) is 15.3 Å². The molecule has 4 rings (SSSR count). The highest BCUT2D eigenvalue weighted by atomic mass is 32.2. The number of anilines is 1. The number of nitrogens with two attached hydrogens (primary N) is 1. The Bertz CT molecular complexity index is 1250. The van der Waals surface area contributed by atoms with E-state index in [0.29, 0.717) is 16.3 Å². The molecule has 154 valence electrons. The van der Waals surface area contributed by atoms with Gasteiger partial charge in [0.1, 0.15) is 22.4 Å². The molecule has 0 radical (unpaired) electrons. The molecule has 0 atom stereocenters. The molecule has 1 aromatic heterocycles. The minimum atomic E-state index is -3.80.